The summed E-state index contributed by atoms with van der Waals surface area (Å²) in [6.45, 7) is 27.8. The summed E-state index contributed by atoms with van der Waals surface area (Å²) >= 11 is 3.79. The van der Waals surface area contributed by atoms with Gasteiger partial charge in [-0.1, -0.05) is 89.8 Å². The average Bonchev–Trinajstić information content (AvgIpc) is 3.13. The summed E-state index contributed by atoms with van der Waals surface area (Å²) in [6.07, 6.45) is 12.5. The summed E-state index contributed by atoms with van der Waals surface area (Å²) in [4.78, 5) is 25.2. The number of benzene rings is 2. The van der Waals surface area contributed by atoms with E-state index in [0.29, 0.717) is 44.7 Å². The number of ether oxygens (including phenoxy) is 4. The Balaban J connectivity index is 1.55. The van der Waals surface area contributed by atoms with Crippen LogP contribution in [0.25, 0.3) is 0 Å². The largest absolute Gasteiger partial charge is 0.489 e. The van der Waals surface area contributed by atoms with Gasteiger partial charge in [0.1, 0.15) is 23.9 Å². The molecule has 55 heavy (non-hydrogen) atoms. The van der Waals surface area contributed by atoms with E-state index in [-0.39, 0.29) is 18.0 Å². The Morgan fingerprint density at radius 3 is 1.62 bits per heavy atom. The lowest BCUT2D eigenvalue weighted by Gasteiger charge is -2.33. The van der Waals surface area contributed by atoms with Crippen molar-refractivity contribution in [1.29, 1.82) is 0 Å². The molecule has 0 aromatic heterocycles. The van der Waals surface area contributed by atoms with Gasteiger partial charge in [0.15, 0.2) is 11.4 Å². The van der Waals surface area contributed by atoms with Crippen LogP contribution in [0.5, 0.6) is 11.5 Å². The fourth-order valence-corrected chi connectivity index (χ4v) is 10.1. The number of rotatable bonds is 17. The van der Waals surface area contributed by atoms with Crippen molar-refractivity contribution in [3.05, 3.63) is 93.5 Å². The quantitative estimate of drug-likeness (QED) is 0.0891. The molecule has 8 heteroatoms. The number of hydrogen-bond donors (Lipinski definition) is 0. The molecule has 2 aromatic rings. The number of carbonyl (C=O) groups excluding carboxylic acids is 2. The Bertz CT molecular complexity index is 1700. The van der Waals surface area contributed by atoms with E-state index in [1.807, 2.05) is 37.4 Å². The molecule has 4 rings (SSSR count). The fraction of sp³-hybridized carbons (Fsp3) is 0.574. The maximum Gasteiger partial charge on any atom is 0.338 e. The molecule has 1 unspecified atom stereocenters. The van der Waals surface area contributed by atoms with Crippen molar-refractivity contribution in [3.8, 4) is 11.5 Å². The highest BCUT2D eigenvalue weighted by atomic mass is 32.2. The number of esters is 2. The van der Waals surface area contributed by atoms with Gasteiger partial charge in [-0.25, -0.2) is 9.59 Å². The van der Waals surface area contributed by atoms with E-state index in [4.69, 9.17) is 18.9 Å². The van der Waals surface area contributed by atoms with E-state index >= 15 is 0 Å². The Hall–Kier alpha value is -3.10. The van der Waals surface area contributed by atoms with Crippen LogP contribution in [0.4, 0.5) is 0 Å². The third kappa shape index (κ3) is 12.4. The van der Waals surface area contributed by atoms with Crippen molar-refractivity contribution < 1.29 is 28.5 Å². The zero-order chi connectivity index (χ0) is 40.5. The second kappa shape index (κ2) is 19.9. The minimum Gasteiger partial charge on any atom is -0.489 e. The minimum absolute atomic E-state index is 0.261. The van der Waals surface area contributed by atoms with Crippen molar-refractivity contribution in [1.82, 2.24) is 0 Å². The van der Waals surface area contributed by atoms with Gasteiger partial charge in [0.2, 0.25) is 0 Å². The maximum absolute atomic E-state index is 12.7. The standard InChI is InChI=1S/C47H66O6S2/c1-30(2)44(48)51-36(9)41(27-54-39-19-15-13-16-20-39)52-43-34(7)25-38(26-35(43)8)46(10,11)37-23-32(5)42(33(6)24-37)50-28-47(12,53-45(49)31(3)4)29-55-40-21-17-14-18-22-40/h23-26,39-40H,1,3,13-22,27-29H2,2,4-12H3/b41-36+. The molecule has 302 valence electrons. The number of aryl methyl sites for hydroxylation is 4. The lowest BCUT2D eigenvalue weighted by molar-refractivity contribution is -0.153. The van der Waals surface area contributed by atoms with Crippen LogP contribution in [-0.2, 0) is 24.5 Å². The Morgan fingerprint density at radius 1 is 0.691 bits per heavy atom. The van der Waals surface area contributed by atoms with E-state index in [2.05, 4.69) is 79.0 Å². The first-order chi connectivity index (χ1) is 25.9. The fourth-order valence-electron chi connectivity index (χ4n) is 7.37. The molecule has 0 heterocycles. The summed E-state index contributed by atoms with van der Waals surface area (Å²) in [7, 11) is 0. The number of hydrogen-bond acceptors (Lipinski definition) is 8. The average molecular weight is 791 g/mol. The van der Waals surface area contributed by atoms with Crippen LogP contribution in [0.2, 0.25) is 0 Å². The molecule has 0 bridgehead atoms. The summed E-state index contributed by atoms with van der Waals surface area (Å²) in [6, 6.07) is 8.86. The van der Waals surface area contributed by atoms with Crippen molar-refractivity contribution in [2.75, 3.05) is 18.1 Å². The molecule has 2 fully saturated rings. The topological polar surface area (TPSA) is 71.1 Å². The first-order valence-electron chi connectivity index (χ1n) is 20.1. The van der Waals surface area contributed by atoms with E-state index in [1.165, 1.54) is 75.3 Å². The summed E-state index contributed by atoms with van der Waals surface area (Å²) in [5.74, 6) is 3.25. The van der Waals surface area contributed by atoms with Gasteiger partial charge in [-0.2, -0.15) is 23.5 Å². The zero-order valence-electron chi connectivity index (χ0n) is 35.3. The molecule has 0 spiro atoms. The van der Waals surface area contributed by atoms with Gasteiger partial charge >= 0.3 is 11.9 Å². The molecule has 0 aliphatic heterocycles. The van der Waals surface area contributed by atoms with Crippen molar-refractivity contribution in [3.63, 3.8) is 0 Å². The molecule has 2 aliphatic rings. The second-order valence-corrected chi connectivity index (χ2v) is 19.4. The predicted molar refractivity (Wildman–Crippen MR) is 232 cm³/mol. The van der Waals surface area contributed by atoms with Crippen LogP contribution in [0.1, 0.15) is 139 Å². The van der Waals surface area contributed by atoms with Crippen LogP contribution in [-0.4, -0.2) is 46.2 Å². The molecule has 2 aromatic carbocycles. The lowest BCUT2D eigenvalue weighted by atomic mass is 9.76. The molecule has 2 saturated carbocycles. The van der Waals surface area contributed by atoms with Gasteiger partial charge in [0, 0.05) is 32.8 Å². The zero-order valence-corrected chi connectivity index (χ0v) is 37.0. The minimum atomic E-state index is -0.789. The monoisotopic (exact) mass is 790 g/mol. The van der Waals surface area contributed by atoms with Gasteiger partial charge in [-0.05, 0) is 114 Å². The van der Waals surface area contributed by atoms with E-state index in [9.17, 15) is 9.59 Å². The SMILES string of the molecule is C=C(C)C(=O)O/C(C)=C(\CSC1CCCCC1)Oc1c(C)cc(C(C)(C)c2cc(C)c(OCC(C)(CSC3CCCCC3)OC(=O)C(=C)C)c(C)c2)cc1C. The van der Waals surface area contributed by atoms with E-state index in [0.717, 1.165) is 33.8 Å². The molecule has 1 atom stereocenters. The van der Waals surface area contributed by atoms with Crippen LogP contribution in [0, 0.1) is 27.7 Å². The normalized spacial score (nSPS) is 17.1. The summed E-state index contributed by atoms with van der Waals surface area (Å²) in [5, 5.41) is 1.17. The van der Waals surface area contributed by atoms with Crippen LogP contribution >= 0.6 is 23.5 Å². The molecule has 2 aliphatic carbocycles. The van der Waals surface area contributed by atoms with E-state index < -0.39 is 11.6 Å². The molecular weight excluding hydrogens is 725 g/mol. The second-order valence-electron chi connectivity index (χ2n) is 16.8. The summed E-state index contributed by atoms with van der Waals surface area (Å²) < 4.78 is 25.0. The van der Waals surface area contributed by atoms with Crippen molar-refractivity contribution in [2.24, 2.45) is 0 Å². The van der Waals surface area contributed by atoms with Gasteiger partial charge in [-0.15, -0.1) is 0 Å². The highest BCUT2D eigenvalue weighted by Crippen LogP contribution is 2.40. The molecule has 6 nitrogen and oxygen atoms in total. The number of allylic oxidation sites excluding steroid dienone is 1. The molecule has 0 amide bonds. The third-order valence-corrected chi connectivity index (χ3v) is 14.1. The number of carbonyl (C=O) groups is 2. The molecule has 0 N–H and O–H groups in total. The molecular formula is C47H66O6S2. The van der Waals surface area contributed by atoms with Gasteiger partial charge in [-0.3, -0.25) is 0 Å². The smallest absolute Gasteiger partial charge is 0.338 e. The lowest BCUT2D eigenvalue weighted by Crippen LogP contribution is -2.41. The Kier molecular flexibility index (Phi) is 16.1. The van der Waals surface area contributed by atoms with Crippen molar-refractivity contribution in [2.45, 2.75) is 155 Å². The highest BCUT2D eigenvalue weighted by molar-refractivity contribution is 8.00. The van der Waals surface area contributed by atoms with Crippen LogP contribution in [0.3, 0.4) is 0 Å². The third-order valence-electron chi connectivity index (χ3n) is 11.0. The van der Waals surface area contributed by atoms with Gasteiger partial charge in [0.05, 0.1) is 5.75 Å². The summed E-state index contributed by atoms with van der Waals surface area (Å²) in [5.41, 5.74) is 6.10. The predicted octanol–water partition coefficient (Wildman–Crippen LogP) is 12.4. The highest BCUT2D eigenvalue weighted by Gasteiger charge is 2.33. The van der Waals surface area contributed by atoms with Crippen molar-refractivity contribution >= 4 is 35.5 Å². The van der Waals surface area contributed by atoms with Crippen LogP contribution in [0.15, 0.2) is 60.1 Å². The molecule has 0 radical (unpaired) electrons. The van der Waals surface area contributed by atoms with Crippen LogP contribution < -0.4 is 9.47 Å². The van der Waals surface area contributed by atoms with Gasteiger partial charge in [0.25, 0.3) is 0 Å². The number of thioether (sulfide) groups is 2. The van der Waals surface area contributed by atoms with Gasteiger partial charge < -0.3 is 18.9 Å². The van der Waals surface area contributed by atoms with E-state index in [1.54, 1.807) is 13.8 Å². The maximum atomic E-state index is 12.7. The molecule has 0 saturated heterocycles. The Morgan fingerprint density at radius 2 is 1.15 bits per heavy atom. The Labute approximate surface area is 340 Å². The first-order valence-corrected chi connectivity index (χ1v) is 22.2. The first kappa shape index (κ1) is 44.6.